The maximum Gasteiger partial charge on any atom is 0.268 e. The zero-order chi connectivity index (χ0) is 21.3. The van der Waals surface area contributed by atoms with Crippen molar-refractivity contribution in [3.63, 3.8) is 0 Å². The Morgan fingerprint density at radius 1 is 1.17 bits per heavy atom. The molecular formula is C20H24N4O4S2. The molecule has 3 heterocycles. The van der Waals surface area contributed by atoms with E-state index >= 15 is 0 Å². The topological polar surface area (TPSA) is 95.6 Å². The molecule has 0 saturated carbocycles. The number of aromatic nitrogens is 2. The Hall–Kier alpha value is -2.27. The number of methoxy groups -OCH3 is 1. The third-order valence-electron chi connectivity index (χ3n) is 5.27. The van der Waals surface area contributed by atoms with Gasteiger partial charge < -0.3 is 9.72 Å². The summed E-state index contributed by atoms with van der Waals surface area (Å²) in [4.78, 5) is 23.2. The Morgan fingerprint density at radius 2 is 1.87 bits per heavy atom. The van der Waals surface area contributed by atoms with Crippen LogP contribution < -0.4 is 10.3 Å². The Bertz CT molecular complexity index is 1190. The number of hydrogen-bond acceptors (Lipinski definition) is 7. The predicted molar refractivity (Wildman–Crippen MR) is 119 cm³/mol. The molecule has 2 aromatic heterocycles. The zero-order valence-electron chi connectivity index (χ0n) is 16.9. The molecule has 0 amide bonds. The van der Waals surface area contributed by atoms with Crippen LogP contribution in [-0.4, -0.2) is 66.6 Å². The van der Waals surface area contributed by atoms with Crippen LogP contribution in [0.5, 0.6) is 5.75 Å². The van der Waals surface area contributed by atoms with Crippen molar-refractivity contribution >= 4 is 31.6 Å². The van der Waals surface area contributed by atoms with Gasteiger partial charge >= 0.3 is 0 Å². The summed E-state index contributed by atoms with van der Waals surface area (Å²) in [6.45, 7) is 4.29. The van der Waals surface area contributed by atoms with Gasteiger partial charge in [-0.25, -0.2) is 13.4 Å². The van der Waals surface area contributed by atoms with E-state index in [9.17, 15) is 13.2 Å². The second kappa shape index (κ2) is 8.46. The van der Waals surface area contributed by atoms with Crippen LogP contribution in [0.15, 0.2) is 35.1 Å². The van der Waals surface area contributed by atoms with Crippen molar-refractivity contribution in [2.24, 2.45) is 0 Å². The highest BCUT2D eigenvalue weighted by Crippen LogP contribution is 2.31. The molecule has 0 unspecified atom stereocenters. The van der Waals surface area contributed by atoms with Crippen molar-refractivity contribution in [3.05, 3.63) is 46.5 Å². The lowest BCUT2D eigenvalue weighted by Gasteiger charge is -2.33. The standard InChI is InChI=1S/C20H24N4O4S2/c1-3-30(26,27)24-10-8-23(9-11-24)13-18-21-16-12-17(29-19(16)20(25)22-18)14-4-6-15(28-2)7-5-14/h4-7,12H,3,8-11,13H2,1-2H3,(H,21,22,25). The number of hydrogen-bond donors (Lipinski definition) is 1. The average Bonchev–Trinajstić information content (AvgIpc) is 3.19. The molecule has 1 aromatic carbocycles. The number of rotatable bonds is 6. The van der Waals surface area contributed by atoms with Gasteiger partial charge in [0.1, 0.15) is 16.3 Å². The Kier molecular flexibility index (Phi) is 5.92. The van der Waals surface area contributed by atoms with Gasteiger partial charge in [-0.2, -0.15) is 4.31 Å². The van der Waals surface area contributed by atoms with Gasteiger partial charge in [-0.05, 0) is 42.8 Å². The van der Waals surface area contributed by atoms with E-state index in [1.807, 2.05) is 30.3 Å². The summed E-state index contributed by atoms with van der Waals surface area (Å²) in [5, 5.41) is 0. The molecule has 3 aromatic rings. The van der Waals surface area contributed by atoms with E-state index in [0.29, 0.717) is 48.8 Å². The van der Waals surface area contributed by atoms with Crippen LogP contribution >= 0.6 is 11.3 Å². The van der Waals surface area contributed by atoms with E-state index in [2.05, 4.69) is 14.9 Å². The largest absolute Gasteiger partial charge is 0.497 e. The first-order valence-electron chi connectivity index (χ1n) is 9.77. The molecule has 1 N–H and O–H groups in total. The average molecular weight is 449 g/mol. The fourth-order valence-corrected chi connectivity index (χ4v) is 5.60. The molecule has 1 aliphatic rings. The van der Waals surface area contributed by atoms with Crippen molar-refractivity contribution in [3.8, 4) is 16.2 Å². The van der Waals surface area contributed by atoms with Crippen LogP contribution in [0.3, 0.4) is 0 Å². The van der Waals surface area contributed by atoms with Gasteiger partial charge in [0.05, 0.1) is 24.9 Å². The summed E-state index contributed by atoms with van der Waals surface area (Å²) in [6.07, 6.45) is 0. The first kappa shape index (κ1) is 21.0. The predicted octanol–water partition coefficient (Wildman–Crippen LogP) is 2.13. The molecule has 10 heteroatoms. The van der Waals surface area contributed by atoms with Crippen molar-refractivity contribution in [1.29, 1.82) is 0 Å². The van der Waals surface area contributed by atoms with Crippen LogP contribution in [0, 0.1) is 0 Å². The second-order valence-electron chi connectivity index (χ2n) is 7.14. The van der Waals surface area contributed by atoms with E-state index in [1.165, 1.54) is 15.6 Å². The van der Waals surface area contributed by atoms with Gasteiger partial charge in [0.25, 0.3) is 5.56 Å². The maximum atomic E-state index is 12.6. The monoisotopic (exact) mass is 448 g/mol. The van der Waals surface area contributed by atoms with Gasteiger partial charge in [0.15, 0.2) is 0 Å². The number of nitrogens with zero attached hydrogens (tertiary/aromatic N) is 3. The second-order valence-corrected chi connectivity index (χ2v) is 10.5. The number of ether oxygens (including phenoxy) is 1. The number of nitrogens with one attached hydrogen (secondary N) is 1. The first-order chi connectivity index (χ1) is 14.4. The lowest BCUT2D eigenvalue weighted by molar-refractivity contribution is 0.178. The molecule has 160 valence electrons. The van der Waals surface area contributed by atoms with Gasteiger partial charge in [-0.1, -0.05) is 0 Å². The number of H-pyrrole nitrogens is 1. The molecule has 8 nitrogen and oxygen atoms in total. The molecule has 4 rings (SSSR count). The Balaban J connectivity index is 1.51. The normalized spacial score (nSPS) is 16.2. The van der Waals surface area contributed by atoms with Crippen LogP contribution in [0.2, 0.25) is 0 Å². The summed E-state index contributed by atoms with van der Waals surface area (Å²) < 4.78 is 31.3. The molecule has 0 bridgehead atoms. The van der Waals surface area contributed by atoms with E-state index in [-0.39, 0.29) is 11.3 Å². The Labute approximate surface area is 179 Å². The van der Waals surface area contributed by atoms with E-state index in [0.717, 1.165) is 16.2 Å². The fraction of sp³-hybridized carbons (Fsp3) is 0.400. The summed E-state index contributed by atoms with van der Waals surface area (Å²) in [5.41, 5.74) is 1.54. The number of piperazine rings is 1. The molecule has 1 fully saturated rings. The SMILES string of the molecule is CCS(=O)(=O)N1CCN(Cc2nc3cc(-c4ccc(OC)cc4)sc3c(=O)[nH]2)CC1. The van der Waals surface area contributed by atoms with Crippen molar-refractivity contribution in [2.45, 2.75) is 13.5 Å². The smallest absolute Gasteiger partial charge is 0.268 e. The minimum Gasteiger partial charge on any atom is -0.497 e. The zero-order valence-corrected chi connectivity index (χ0v) is 18.6. The maximum absolute atomic E-state index is 12.6. The highest BCUT2D eigenvalue weighted by Gasteiger charge is 2.25. The summed E-state index contributed by atoms with van der Waals surface area (Å²) in [7, 11) is -1.53. The van der Waals surface area contributed by atoms with E-state index in [4.69, 9.17) is 4.74 Å². The molecule has 0 spiro atoms. The third kappa shape index (κ3) is 4.27. The molecule has 1 aliphatic heterocycles. The van der Waals surface area contributed by atoms with Crippen molar-refractivity contribution in [2.75, 3.05) is 39.0 Å². The third-order valence-corrected chi connectivity index (χ3v) is 8.32. The minimum atomic E-state index is -3.15. The fourth-order valence-electron chi connectivity index (χ4n) is 3.52. The minimum absolute atomic E-state index is 0.118. The number of aromatic amines is 1. The van der Waals surface area contributed by atoms with E-state index in [1.54, 1.807) is 14.0 Å². The van der Waals surface area contributed by atoms with Gasteiger partial charge in [-0.3, -0.25) is 9.69 Å². The molecule has 0 radical (unpaired) electrons. The number of fused-ring (bicyclic) bond motifs is 1. The summed E-state index contributed by atoms with van der Waals surface area (Å²) >= 11 is 1.42. The lowest BCUT2D eigenvalue weighted by Crippen LogP contribution is -2.48. The summed E-state index contributed by atoms with van der Waals surface area (Å²) in [6, 6.07) is 9.64. The first-order valence-corrected chi connectivity index (χ1v) is 12.2. The molecule has 1 saturated heterocycles. The van der Waals surface area contributed by atoms with Gasteiger partial charge in [0, 0.05) is 31.1 Å². The van der Waals surface area contributed by atoms with Crippen molar-refractivity contribution in [1.82, 2.24) is 19.2 Å². The molecule has 0 atom stereocenters. The number of benzene rings is 1. The van der Waals surface area contributed by atoms with Crippen LogP contribution in [0.25, 0.3) is 20.7 Å². The van der Waals surface area contributed by atoms with Gasteiger partial charge in [0.2, 0.25) is 10.0 Å². The highest BCUT2D eigenvalue weighted by atomic mass is 32.2. The van der Waals surface area contributed by atoms with Crippen molar-refractivity contribution < 1.29 is 13.2 Å². The molecular weight excluding hydrogens is 424 g/mol. The molecule has 0 aliphatic carbocycles. The van der Waals surface area contributed by atoms with Crippen LogP contribution in [0.4, 0.5) is 0 Å². The van der Waals surface area contributed by atoms with Crippen LogP contribution in [-0.2, 0) is 16.6 Å². The molecule has 30 heavy (non-hydrogen) atoms. The number of thiophene rings is 1. The Morgan fingerprint density at radius 3 is 2.50 bits per heavy atom. The summed E-state index contributed by atoms with van der Waals surface area (Å²) in [5.74, 6) is 1.50. The lowest BCUT2D eigenvalue weighted by atomic mass is 10.2. The highest BCUT2D eigenvalue weighted by molar-refractivity contribution is 7.89. The quantitative estimate of drug-likeness (QED) is 0.621. The number of sulfonamides is 1. The van der Waals surface area contributed by atoms with Gasteiger partial charge in [-0.15, -0.1) is 11.3 Å². The van der Waals surface area contributed by atoms with Crippen LogP contribution in [0.1, 0.15) is 12.7 Å². The van der Waals surface area contributed by atoms with E-state index < -0.39 is 10.0 Å².